The summed E-state index contributed by atoms with van der Waals surface area (Å²) < 4.78 is 7.21. The Morgan fingerprint density at radius 2 is 1.86 bits per heavy atom. The summed E-state index contributed by atoms with van der Waals surface area (Å²) in [5.41, 5.74) is 1.48. The van der Waals surface area contributed by atoms with Crippen LogP contribution in [0.4, 0.5) is 4.79 Å². The fraction of sp³-hybridized carbons (Fsp3) is 0.600. The van der Waals surface area contributed by atoms with E-state index in [9.17, 15) is 19.2 Å². The molecule has 1 aliphatic heterocycles. The van der Waals surface area contributed by atoms with Gasteiger partial charge in [-0.05, 0) is 45.6 Å². The van der Waals surface area contributed by atoms with Crippen molar-refractivity contribution in [3.63, 3.8) is 0 Å². The molecule has 3 amide bonds. The van der Waals surface area contributed by atoms with Crippen molar-refractivity contribution in [2.24, 2.45) is 0 Å². The summed E-state index contributed by atoms with van der Waals surface area (Å²) in [5.74, 6) is -1.50. The van der Waals surface area contributed by atoms with Gasteiger partial charge in [0, 0.05) is 23.0 Å². The Bertz CT molecular complexity index is 833. The van der Waals surface area contributed by atoms with Crippen LogP contribution in [-0.2, 0) is 14.3 Å². The number of nitrogens with one attached hydrogen (secondary N) is 1. The first-order valence-electron chi connectivity index (χ1n) is 9.75. The third-order valence-electron chi connectivity index (χ3n) is 5.80. The van der Waals surface area contributed by atoms with Crippen molar-refractivity contribution in [1.82, 2.24) is 14.8 Å². The number of esters is 1. The molecule has 3 rings (SSSR count). The molecule has 2 heterocycles. The van der Waals surface area contributed by atoms with E-state index in [-0.39, 0.29) is 5.78 Å². The lowest BCUT2D eigenvalue weighted by Crippen LogP contribution is -2.46. The zero-order valence-corrected chi connectivity index (χ0v) is 16.8. The van der Waals surface area contributed by atoms with Crippen molar-refractivity contribution < 1.29 is 23.9 Å². The number of aryl methyl sites for hydroxylation is 1. The second kappa shape index (κ2) is 7.41. The zero-order chi connectivity index (χ0) is 20.6. The Balaban J connectivity index is 1.59. The van der Waals surface area contributed by atoms with Crippen molar-refractivity contribution >= 4 is 23.7 Å². The first-order valence-corrected chi connectivity index (χ1v) is 9.75. The van der Waals surface area contributed by atoms with E-state index in [0.29, 0.717) is 24.4 Å². The largest absolute Gasteiger partial charge is 0.456 e. The molecule has 1 aromatic heterocycles. The standard InChI is InChI=1S/C20H27N3O5/c1-5-20(6-2)18(26)22(19(27)21-20)10-17(25)28-11-16(24)15-9-12(3)23(13(15)4)14-7-8-14/h9,14H,5-8,10-11H2,1-4H3,(H,21,27). The molecule has 152 valence electrons. The third kappa shape index (κ3) is 3.43. The summed E-state index contributed by atoms with van der Waals surface area (Å²) in [6, 6.07) is 1.67. The number of hydrogen-bond donors (Lipinski definition) is 1. The predicted molar refractivity (Wildman–Crippen MR) is 101 cm³/mol. The number of ketones is 1. The first-order chi connectivity index (χ1) is 13.2. The first kappa shape index (κ1) is 20.1. The Morgan fingerprint density at radius 3 is 2.39 bits per heavy atom. The molecule has 1 aliphatic carbocycles. The molecule has 28 heavy (non-hydrogen) atoms. The molecule has 0 radical (unpaired) electrons. The Labute approximate surface area is 164 Å². The van der Waals surface area contributed by atoms with E-state index in [4.69, 9.17) is 4.74 Å². The molecule has 1 aromatic rings. The Morgan fingerprint density at radius 1 is 1.21 bits per heavy atom. The van der Waals surface area contributed by atoms with Crippen LogP contribution in [-0.4, -0.2) is 51.8 Å². The fourth-order valence-electron chi connectivity index (χ4n) is 3.90. The lowest BCUT2D eigenvalue weighted by atomic mass is 9.93. The second-order valence-electron chi connectivity index (χ2n) is 7.58. The fourth-order valence-corrected chi connectivity index (χ4v) is 3.90. The van der Waals surface area contributed by atoms with Crippen LogP contribution >= 0.6 is 0 Å². The summed E-state index contributed by atoms with van der Waals surface area (Å²) in [4.78, 5) is 50.1. The van der Waals surface area contributed by atoms with E-state index in [1.165, 1.54) is 0 Å². The molecule has 0 bridgehead atoms. The molecule has 8 heteroatoms. The van der Waals surface area contributed by atoms with Crippen LogP contribution in [0.5, 0.6) is 0 Å². The maximum atomic E-state index is 12.5. The van der Waals surface area contributed by atoms with Gasteiger partial charge >= 0.3 is 12.0 Å². The molecule has 1 saturated carbocycles. The molecule has 0 atom stereocenters. The van der Waals surface area contributed by atoms with Crippen molar-refractivity contribution in [1.29, 1.82) is 0 Å². The van der Waals surface area contributed by atoms with Crippen LogP contribution in [0.25, 0.3) is 0 Å². The molecule has 0 unspecified atom stereocenters. The normalized spacial score (nSPS) is 18.4. The van der Waals surface area contributed by atoms with Gasteiger partial charge in [-0.1, -0.05) is 13.8 Å². The topological polar surface area (TPSA) is 97.7 Å². The minimum atomic E-state index is -0.965. The summed E-state index contributed by atoms with van der Waals surface area (Å²) in [7, 11) is 0. The van der Waals surface area contributed by atoms with Gasteiger partial charge in [0.1, 0.15) is 12.1 Å². The van der Waals surface area contributed by atoms with Crippen LogP contribution in [0.3, 0.4) is 0 Å². The summed E-state index contributed by atoms with van der Waals surface area (Å²) in [6.07, 6.45) is 3.10. The Hall–Kier alpha value is -2.64. The number of rotatable bonds is 8. The van der Waals surface area contributed by atoms with Crippen molar-refractivity contribution in [3.05, 3.63) is 23.0 Å². The second-order valence-corrected chi connectivity index (χ2v) is 7.58. The highest BCUT2D eigenvalue weighted by Crippen LogP contribution is 2.38. The number of carbonyl (C=O) groups is 4. The molecule has 1 N–H and O–H groups in total. The van der Waals surface area contributed by atoms with Crippen molar-refractivity contribution in [2.75, 3.05) is 13.2 Å². The smallest absolute Gasteiger partial charge is 0.326 e. The highest BCUT2D eigenvalue weighted by molar-refractivity contribution is 6.08. The number of hydrogen-bond acceptors (Lipinski definition) is 5. The number of nitrogens with zero attached hydrogens (tertiary/aromatic N) is 2. The van der Waals surface area contributed by atoms with Gasteiger partial charge in [-0.25, -0.2) is 4.79 Å². The highest BCUT2D eigenvalue weighted by atomic mass is 16.5. The molecular formula is C20H27N3O5. The van der Waals surface area contributed by atoms with Gasteiger partial charge in [0.15, 0.2) is 6.61 Å². The van der Waals surface area contributed by atoms with Gasteiger partial charge in [0.2, 0.25) is 5.78 Å². The number of Topliss-reactive ketones (excluding diaryl/α,β-unsaturated/α-hetero) is 1. The van der Waals surface area contributed by atoms with Crippen LogP contribution in [0.1, 0.15) is 67.3 Å². The number of urea groups is 1. The van der Waals surface area contributed by atoms with Crippen LogP contribution in [0, 0.1) is 13.8 Å². The van der Waals surface area contributed by atoms with Gasteiger partial charge in [-0.3, -0.25) is 19.3 Å². The third-order valence-corrected chi connectivity index (χ3v) is 5.80. The van der Waals surface area contributed by atoms with Gasteiger partial charge in [0.05, 0.1) is 0 Å². The summed E-state index contributed by atoms with van der Waals surface area (Å²) in [5, 5.41) is 2.66. The lowest BCUT2D eigenvalue weighted by Gasteiger charge is -2.22. The number of ether oxygens (including phenoxy) is 1. The van der Waals surface area contributed by atoms with Crippen LogP contribution in [0.15, 0.2) is 6.07 Å². The molecule has 0 aromatic carbocycles. The number of carbonyl (C=O) groups excluding carboxylic acids is 4. The van der Waals surface area contributed by atoms with Crippen molar-refractivity contribution in [2.45, 2.75) is 65.0 Å². The monoisotopic (exact) mass is 389 g/mol. The highest BCUT2D eigenvalue weighted by Gasteiger charge is 2.49. The van der Waals surface area contributed by atoms with Gasteiger partial charge in [-0.15, -0.1) is 0 Å². The maximum absolute atomic E-state index is 12.5. The number of imide groups is 1. The van der Waals surface area contributed by atoms with Crippen LogP contribution in [0.2, 0.25) is 0 Å². The average molecular weight is 389 g/mol. The molecule has 0 spiro atoms. The molecule has 8 nitrogen and oxygen atoms in total. The van der Waals surface area contributed by atoms with Gasteiger partial charge in [-0.2, -0.15) is 0 Å². The average Bonchev–Trinajstić information content (AvgIpc) is 3.41. The molecule has 2 aliphatic rings. The van der Waals surface area contributed by atoms with E-state index in [2.05, 4.69) is 9.88 Å². The predicted octanol–water partition coefficient (Wildman–Crippen LogP) is 2.28. The van der Waals surface area contributed by atoms with E-state index < -0.39 is 36.6 Å². The summed E-state index contributed by atoms with van der Waals surface area (Å²) in [6.45, 7) is 6.55. The Kier molecular flexibility index (Phi) is 5.32. The lowest BCUT2D eigenvalue weighted by molar-refractivity contribution is -0.146. The quantitative estimate of drug-likeness (QED) is 0.418. The molecular weight excluding hydrogens is 362 g/mol. The van der Waals surface area contributed by atoms with Crippen molar-refractivity contribution in [3.8, 4) is 0 Å². The summed E-state index contributed by atoms with van der Waals surface area (Å²) >= 11 is 0. The molecule has 2 fully saturated rings. The minimum Gasteiger partial charge on any atom is -0.456 e. The molecule has 1 saturated heterocycles. The SMILES string of the molecule is CCC1(CC)NC(=O)N(CC(=O)OCC(=O)c2cc(C)n(C3CC3)c2C)C1=O. The maximum Gasteiger partial charge on any atom is 0.326 e. The van der Waals surface area contributed by atoms with E-state index in [1.807, 2.05) is 19.9 Å². The minimum absolute atomic E-state index is 0.290. The van der Waals surface area contributed by atoms with Gasteiger partial charge < -0.3 is 14.6 Å². The van der Waals surface area contributed by atoms with E-state index in [1.54, 1.807) is 13.8 Å². The van der Waals surface area contributed by atoms with E-state index in [0.717, 1.165) is 29.1 Å². The number of amides is 3. The zero-order valence-electron chi connectivity index (χ0n) is 16.8. The van der Waals surface area contributed by atoms with Crippen LogP contribution < -0.4 is 5.32 Å². The van der Waals surface area contributed by atoms with E-state index >= 15 is 0 Å². The number of aromatic nitrogens is 1. The van der Waals surface area contributed by atoms with Gasteiger partial charge in [0.25, 0.3) is 5.91 Å².